The number of carboxylic acids is 1. The van der Waals surface area contributed by atoms with Crippen LogP contribution >= 0.6 is 0 Å². The van der Waals surface area contributed by atoms with Gasteiger partial charge in [-0.15, -0.1) is 0 Å². The minimum Gasteiger partial charge on any atom is -0.478 e. The predicted octanol–water partition coefficient (Wildman–Crippen LogP) is 3.60. The molecule has 0 heterocycles. The quantitative estimate of drug-likeness (QED) is 0.599. The van der Waals surface area contributed by atoms with Crippen molar-refractivity contribution in [2.45, 2.75) is 26.2 Å². The lowest BCUT2D eigenvalue weighted by Crippen LogP contribution is -2.01. The van der Waals surface area contributed by atoms with Crippen molar-refractivity contribution in [2.75, 3.05) is 0 Å². The fourth-order valence-corrected chi connectivity index (χ4v) is 1.60. The van der Waals surface area contributed by atoms with E-state index in [0.717, 1.165) is 12.8 Å². The molecule has 2 nitrogen and oxygen atoms in total. The largest absolute Gasteiger partial charge is 0.478 e. The van der Waals surface area contributed by atoms with Crippen LogP contribution in [0.1, 0.15) is 25.3 Å². The van der Waals surface area contributed by atoms with Gasteiger partial charge in [0, 0.05) is 5.57 Å². The Morgan fingerprint density at radius 1 is 1.29 bits per heavy atom. The first-order valence-electron chi connectivity index (χ1n) is 5.83. The van der Waals surface area contributed by atoms with Gasteiger partial charge in [-0.05, 0) is 31.7 Å². The lowest BCUT2D eigenvalue weighted by Gasteiger charge is -2.02. The van der Waals surface area contributed by atoms with Crippen molar-refractivity contribution in [2.24, 2.45) is 0 Å². The lowest BCUT2D eigenvalue weighted by molar-refractivity contribution is -0.132. The highest BCUT2D eigenvalue weighted by molar-refractivity contribution is 5.86. The zero-order valence-electron chi connectivity index (χ0n) is 10.1. The van der Waals surface area contributed by atoms with Gasteiger partial charge in [-0.2, -0.15) is 0 Å². The van der Waals surface area contributed by atoms with Crippen LogP contribution in [0.3, 0.4) is 0 Å². The summed E-state index contributed by atoms with van der Waals surface area (Å²) in [5.41, 5.74) is 1.72. The van der Waals surface area contributed by atoms with E-state index in [1.54, 1.807) is 12.2 Å². The molecule has 2 heteroatoms. The lowest BCUT2D eigenvalue weighted by atomic mass is 10.0. The number of carbonyl (C=O) groups is 1. The van der Waals surface area contributed by atoms with Crippen molar-refractivity contribution >= 4 is 5.97 Å². The predicted molar refractivity (Wildman–Crippen MR) is 69.9 cm³/mol. The maximum atomic E-state index is 10.9. The van der Waals surface area contributed by atoms with Gasteiger partial charge in [0.25, 0.3) is 0 Å². The fourth-order valence-electron chi connectivity index (χ4n) is 1.60. The zero-order chi connectivity index (χ0) is 12.5. The van der Waals surface area contributed by atoms with E-state index in [1.807, 2.05) is 31.2 Å². The van der Waals surface area contributed by atoms with Crippen LogP contribution in [0.2, 0.25) is 0 Å². The van der Waals surface area contributed by atoms with Crippen LogP contribution < -0.4 is 0 Å². The third kappa shape index (κ3) is 5.16. The second kappa shape index (κ2) is 7.44. The molecular formula is C15H18O2. The van der Waals surface area contributed by atoms with Gasteiger partial charge in [-0.25, -0.2) is 4.79 Å². The summed E-state index contributed by atoms with van der Waals surface area (Å²) in [5, 5.41) is 8.99. The Hall–Kier alpha value is -1.83. The van der Waals surface area contributed by atoms with E-state index in [9.17, 15) is 4.79 Å². The molecule has 0 saturated heterocycles. The van der Waals surface area contributed by atoms with E-state index in [4.69, 9.17) is 5.11 Å². The van der Waals surface area contributed by atoms with Gasteiger partial charge >= 0.3 is 5.97 Å². The second-order valence-electron chi connectivity index (χ2n) is 3.86. The number of hydrogen-bond acceptors (Lipinski definition) is 1. The SMILES string of the molecule is CC=CC=C(CCCc1ccccc1)C(=O)O. The molecule has 0 aliphatic carbocycles. The molecule has 0 unspecified atom stereocenters. The molecule has 0 aliphatic rings. The summed E-state index contributed by atoms with van der Waals surface area (Å²) < 4.78 is 0. The number of aliphatic carboxylic acids is 1. The molecule has 0 amide bonds. The van der Waals surface area contributed by atoms with Crippen molar-refractivity contribution in [3.05, 3.63) is 59.7 Å². The van der Waals surface area contributed by atoms with Crippen molar-refractivity contribution < 1.29 is 9.90 Å². The van der Waals surface area contributed by atoms with Gasteiger partial charge in [-0.3, -0.25) is 0 Å². The number of hydrogen-bond donors (Lipinski definition) is 1. The van der Waals surface area contributed by atoms with E-state index in [1.165, 1.54) is 5.56 Å². The van der Waals surface area contributed by atoms with Crippen LogP contribution in [0.5, 0.6) is 0 Å². The summed E-state index contributed by atoms with van der Waals surface area (Å²) >= 11 is 0. The Labute approximate surface area is 102 Å². The summed E-state index contributed by atoms with van der Waals surface area (Å²) in [6.45, 7) is 1.87. The second-order valence-corrected chi connectivity index (χ2v) is 3.86. The minimum absolute atomic E-state index is 0.471. The number of carboxylic acid groups (broad SMARTS) is 1. The van der Waals surface area contributed by atoms with Crippen LogP contribution in [0.4, 0.5) is 0 Å². The smallest absolute Gasteiger partial charge is 0.331 e. The molecule has 1 rings (SSSR count). The third-order valence-electron chi connectivity index (χ3n) is 2.52. The van der Waals surface area contributed by atoms with E-state index in [2.05, 4.69) is 12.1 Å². The van der Waals surface area contributed by atoms with Crippen LogP contribution in [0.25, 0.3) is 0 Å². The summed E-state index contributed by atoms with van der Waals surface area (Å²) in [6, 6.07) is 10.1. The summed E-state index contributed by atoms with van der Waals surface area (Å²) in [6.07, 6.45) is 7.66. The maximum Gasteiger partial charge on any atom is 0.331 e. The molecule has 0 radical (unpaired) electrons. The Morgan fingerprint density at radius 3 is 2.59 bits per heavy atom. The number of rotatable bonds is 6. The molecule has 90 valence electrons. The maximum absolute atomic E-state index is 10.9. The molecule has 0 spiro atoms. The van der Waals surface area contributed by atoms with Gasteiger partial charge in [0.15, 0.2) is 0 Å². The van der Waals surface area contributed by atoms with E-state index < -0.39 is 5.97 Å². The monoisotopic (exact) mass is 230 g/mol. The molecule has 0 aromatic heterocycles. The molecular weight excluding hydrogens is 212 g/mol. The molecule has 0 atom stereocenters. The van der Waals surface area contributed by atoms with E-state index in [-0.39, 0.29) is 0 Å². The first kappa shape index (κ1) is 13.2. The van der Waals surface area contributed by atoms with E-state index in [0.29, 0.717) is 12.0 Å². The van der Waals surface area contributed by atoms with Gasteiger partial charge in [0.1, 0.15) is 0 Å². The van der Waals surface area contributed by atoms with Gasteiger partial charge in [0.2, 0.25) is 0 Å². The summed E-state index contributed by atoms with van der Waals surface area (Å²) in [5.74, 6) is -0.823. The highest BCUT2D eigenvalue weighted by atomic mass is 16.4. The van der Waals surface area contributed by atoms with Crippen molar-refractivity contribution in [1.29, 1.82) is 0 Å². The molecule has 1 aromatic rings. The molecule has 0 bridgehead atoms. The molecule has 1 N–H and O–H groups in total. The van der Waals surface area contributed by atoms with Crippen LogP contribution in [0, 0.1) is 0 Å². The van der Waals surface area contributed by atoms with Crippen molar-refractivity contribution in [3.8, 4) is 0 Å². The normalized spacial score (nSPS) is 11.9. The van der Waals surface area contributed by atoms with Crippen LogP contribution in [-0.4, -0.2) is 11.1 Å². The molecule has 1 aromatic carbocycles. The highest BCUT2D eigenvalue weighted by Crippen LogP contribution is 2.10. The highest BCUT2D eigenvalue weighted by Gasteiger charge is 2.05. The molecule has 0 aliphatic heterocycles. The summed E-state index contributed by atoms with van der Waals surface area (Å²) in [7, 11) is 0. The molecule has 17 heavy (non-hydrogen) atoms. The van der Waals surface area contributed by atoms with Crippen LogP contribution in [-0.2, 0) is 11.2 Å². The average Bonchev–Trinajstić information content (AvgIpc) is 2.34. The first-order chi connectivity index (χ1) is 8.24. The van der Waals surface area contributed by atoms with E-state index >= 15 is 0 Å². The fraction of sp³-hybridized carbons (Fsp3) is 0.267. The van der Waals surface area contributed by atoms with Crippen molar-refractivity contribution in [1.82, 2.24) is 0 Å². The van der Waals surface area contributed by atoms with Gasteiger partial charge in [-0.1, -0.05) is 48.6 Å². The Morgan fingerprint density at radius 2 is 2.00 bits per heavy atom. The van der Waals surface area contributed by atoms with Crippen molar-refractivity contribution in [3.63, 3.8) is 0 Å². The standard InChI is InChI=1S/C15H18O2/c1-2-3-11-14(15(16)17)12-7-10-13-8-5-4-6-9-13/h2-6,8-9,11H,7,10,12H2,1H3,(H,16,17). The third-order valence-corrected chi connectivity index (χ3v) is 2.52. The van der Waals surface area contributed by atoms with Gasteiger partial charge < -0.3 is 5.11 Å². The summed E-state index contributed by atoms with van der Waals surface area (Å²) in [4.78, 5) is 10.9. The molecule has 0 fully saturated rings. The number of allylic oxidation sites excluding steroid dienone is 3. The Bertz CT molecular complexity index is 402. The average molecular weight is 230 g/mol. The van der Waals surface area contributed by atoms with Gasteiger partial charge in [0.05, 0.1) is 0 Å². The topological polar surface area (TPSA) is 37.3 Å². The first-order valence-corrected chi connectivity index (χ1v) is 5.83. The number of aryl methyl sites for hydroxylation is 1. The zero-order valence-corrected chi connectivity index (χ0v) is 10.1. The Balaban J connectivity index is 2.46. The number of benzene rings is 1. The Kier molecular flexibility index (Phi) is 5.80. The minimum atomic E-state index is -0.823. The molecule has 0 saturated carbocycles. The van der Waals surface area contributed by atoms with Crippen LogP contribution in [0.15, 0.2) is 54.1 Å².